The Bertz CT molecular complexity index is 1370. The van der Waals surface area contributed by atoms with Crippen LogP contribution in [0.15, 0.2) is 36.5 Å². The number of pyridine rings is 1. The summed E-state index contributed by atoms with van der Waals surface area (Å²) in [6.07, 6.45) is 8.54. The van der Waals surface area contributed by atoms with Crippen LogP contribution >= 0.6 is 0 Å². The molecule has 9 heteroatoms. The number of benzene rings is 1. The number of carbonyl (C=O) groups excluding carboxylic acids is 1. The highest BCUT2D eigenvalue weighted by atomic mass is 19.3. The van der Waals surface area contributed by atoms with E-state index in [1.807, 2.05) is 30.3 Å². The van der Waals surface area contributed by atoms with Gasteiger partial charge in [-0.1, -0.05) is 31.0 Å². The second kappa shape index (κ2) is 11.4. The van der Waals surface area contributed by atoms with E-state index in [1.54, 1.807) is 6.20 Å². The first-order chi connectivity index (χ1) is 19.4. The van der Waals surface area contributed by atoms with Crippen LogP contribution in [-0.4, -0.2) is 58.4 Å². The molecule has 3 heterocycles. The SMILES string of the molecule is COc1nc2c(c(OCC3CC3(F)F)n1)CN(CCC1CCC(CC(=O)c3cccc4ncccc34)CC1)CC2. The smallest absolute Gasteiger partial charge is 0.319 e. The van der Waals surface area contributed by atoms with Crippen LogP contribution in [0.1, 0.15) is 66.6 Å². The van der Waals surface area contributed by atoms with E-state index in [0.29, 0.717) is 30.7 Å². The number of Topliss-reactive ketones (excluding diaryl/α,β-unsaturated/α-hetero) is 1. The van der Waals surface area contributed by atoms with E-state index in [4.69, 9.17) is 9.47 Å². The lowest BCUT2D eigenvalue weighted by atomic mass is 9.78. The van der Waals surface area contributed by atoms with Crippen LogP contribution in [0.5, 0.6) is 11.9 Å². The molecule has 3 aromatic rings. The fraction of sp³-hybridized carbons (Fsp3) is 0.548. The molecule has 0 radical (unpaired) electrons. The summed E-state index contributed by atoms with van der Waals surface area (Å²) >= 11 is 0. The van der Waals surface area contributed by atoms with Gasteiger partial charge in [0.25, 0.3) is 5.92 Å². The highest BCUT2D eigenvalue weighted by Gasteiger charge is 2.57. The molecule has 2 fully saturated rings. The van der Waals surface area contributed by atoms with Crippen molar-refractivity contribution >= 4 is 16.7 Å². The molecule has 6 rings (SSSR count). The molecule has 1 atom stereocenters. The van der Waals surface area contributed by atoms with Crippen LogP contribution in [0.2, 0.25) is 0 Å². The lowest BCUT2D eigenvalue weighted by molar-refractivity contribution is 0.0841. The Balaban J connectivity index is 0.995. The van der Waals surface area contributed by atoms with Crippen LogP contribution in [0.3, 0.4) is 0 Å². The molecule has 1 aliphatic heterocycles. The van der Waals surface area contributed by atoms with Gasteiger partial charge in [0.05, 0.1) is 36.4 Å². The van der Waals surface area contributed by atoms with Gasteiger partial charge in [0.2, 0.25) is 5.88 Å². The summed E-state index contributed by atoms with van der Waals surface area (Å²) in [6.45, 7) is 2.46. The zero-order valence-corrected chi connectivity index (χ0v) is 23.0. The van der Waals surface area contributed by atoms with Gasteiger partial charge in [0, 0.05) is 49.5 Å². The number of hydrogen-bond donors (Lipinski definition) is 0. The molecule has 2 saturated carbocycles. The van der Waals surface area contributed by atoms with Crippen molar-refractivity contribution in [2.24, 2.45) is 17.8 Å². The van der Waals surface area contributed by atoms with E-state index in [9.17, 15) is 13.6 Å². The van der Waals surface area contributed by atoms with E-state index in [1.165, 1.54) is 7.11 Å². The van der Waals surface area contributed by atoms with Crippen molar-refractivity contribution in [3.8, 4) is 11.9 Å². The van der Waals surface area contributed by atoms with Crippen molar-refractivity contribution in [2.45, 2.75) is 63.8 Å². The van der Waals surface area contributed by atoms with E-state index in [0.717, 1.165) is 79.3 Å². The van der Waals surface area contributed by atoms with Crippen molar-refractivity contribution in [2.75, 3.05) is 26.8 Å². The van der Waals surface area contributed by atoms with Crippen molar-refractivity contribution in [1.82, 2.24) is 19.9 Å². The van der Waals surface area contributed by atoms with E-state index < -0.39 is 11.8 Å². The average molecular weight is 551 g/mol. The van der Waals surface area contributed by atoms with Crippen LogP contribution in [-0.2, 0) is 13.0 Å². The number of alkyl halides is 2. The van der Waals surface area contributed by atoms with E-state index >= 15 is 0 Å². The second-order valence-electron chi connectivity index (χ2n) is 11.6. The minimum atomic E-state index is -2.62. The first-order valence-corrected chi connectivity index (χ1v) is 14.4. The van der Waals surface area contributed by atoms with Gasteiger partial charge in [-0.3, -0.25) is 14.7 Å². The molecule has 7 nitrogen and oxygen atoms in total. The first-order valence-electron chi connectivity index (χ1n) is 14.4. The molecule has 0 saturated heterocycles. The van der Waals surface area contributed by atoms with Crippen LogP contribution in [0, 0.1) is 17.8 Å². The van der Waals surface area contributed by atoms with Crippen LogP contribution in [0.25, 0.3) is 10.9 Å². The van der Waals surface area contributed by atoms with Crippen LogP contribution < -0.4 is 9.47 Å². The highest BCUT2D eigenvalue weighted by molar-refractivity contribution is 6.07. The Morgan fingerprint density at radius 1 is 1.10 bits per heavy atom. The Morgan fingerprint density at radius 3 is 2.67 bits per heavy atom. The maximum Gasteiger partial charge on any atom is 0.319 e. The van der Waals surface area contributed by atoms with Crippen LogP contribution in [0.4, 0.5) is 8.78 Å². The Kier molecular flexibility index (Phi) is 7.66. The monoisotopic (exact) mass is 550 g/mol. The number of halogens is 2. The first kappa shape index (κ1) is 27.0. The Labute approximate surface area is 233 Å². The molecule has 0 amide bonds. The highest BCUT2D eigenvalue weighted by Crippen LogP contribution is 2.48. The normalized spacial score (nSPS) is 23.9. The van der Waals surface area contributed by atoms with E-state index in [-0.39, 0.29) is 24.8 Å². The minimum absolute atomic E-state index is 0.0390. The number of rotatable bonds is 10. The largest absolute Gasteiger partial charge is 0.477 e. The molecular formula is C31H36F2N4O3. The molecular weight excluding hydrogens is 514 g/mol. The van der Waals surface area contributed by atoms with Crippen molar-refractivity contribution in [1.29, 1.82) is 0 Å². The molecule has 2 aliphatic carbocycles. The number of carbonyl (C=O) groups is 1. The van der Waals surface area contributed by atoms with Gasteiger partial charge >= 0.3 is 6.01 Å². The van der Waals surface area contributed by atoms with Gasteiger partial charge in [-0.2, -0.15) is 9.97 Å². The third-order valence-corrected chi connectivity index (χ3v) is 8.88. The average Bonchev–Trinajstić information content (AvgIpc) is 3.60. The fourth-order valence-corrected chi connectivity index (χ4v) is 6.26. The molecule has 2 aromatic heterocycles. The third kappa shape index (κ3) is 5.94. The molecule has 0 spiro atoms. The summed E-state index contributed by atoms with van der Waals surface area (Å²) < 4.78 is 37.8. The quantitative estimate of drug-likeness (QED) is 0.291. The summed E-state index contributed by atoms with van der Waals surface area (Å²) in [5.41, 5.74) is 3.43. The summed E-state index contributed by atoms with van der Waals surface area (Å²) in [5, 5.41) is 0.940. The van der Waals surface area contributed by atoms with Gasteiger partial charge in [0.1, 0.15) is 0 Å². The minimum Gasteiger partial charge on any atom is -0.477 e. The number of ketones is 1. The van der Waals surface area contributed by atoms with Gasteiger partial charge in [-0.05, 0) is 49.8 Å². The lowest BCUT2D eigenvalue weighted by Crippen LogP contribution is -2.34. The molecule has 212 valence electrons. The van der Waals surface area contributed by atoms with E-state index in [2.05, 4.69) is 19.9 Å². The predicted molar refractivity (Wildman–Crippen MR) is 147 cm³/mol. The summed E-state index contributed by atoms with van der Waals surface area (Å²) in [7, 11) is 1.50. The molecule has 1 aromatic carbocycles. The molecule has 0 bridgehead atoms. The molecule has 0 N–H and O–H groups in total. The molecule has 1 unspecified atom stereocenters. The maximum absolute atomic E-state index is 13.4. The van der Waals surface area contributed by atoms with Gasteiger partial charge in [-0.15, -0.1) is 0 Å². The molecule has 3 aliphatic rings. The number of hydrogen-bond acceptors (Lipinski definition) is 7. The summed E-state index contributed by atoms with van der Waals surface area (Å²) in [6, 6.07) is 9.88. The zero-order chi connectivity index (χ0) is 27.7. The predicted octanol–water partition coefficient (Wildman–Crippen LogP) is 5.90. The number of methoxy groups -OCH3 is 1. The maximum atomic E-state index is 13.4. The Morgan fingerprint density at radius 2 is 1.90 bits per heavy atom. The fourth-order valence-electron chi connectivity index (χ4n) is 6.26. The summed E-state index contributed by atoms with van der Waals surface area (Å²) in [5.74, 6) is -1.68. The van der Waals surface area contributed by atoms with Gasteiger partial charge < -0.3 is 9.47 Å². The zero-order valence-electron chi connectivity index (χ0n) is 23.0. The number of aromatic nitrogens is 3. The number of nitrogens with zero attached hydrogens (tertiary/aromatic N) is 4. The standard InChI is InChI=1S/C31H36F2N4O3/c1-39-30-35-27-12-15-37(18-25(27)29(36-30)40-19-22-17-31(22,32)33)14-11-20-7-9-21(10-8-20)16-28(38)24-4-2-6-26-23(24)5-3-13-34-26/h2-6,13,20-22H,7-12,14-19H2,1H3. The van der Waals surface area contributed by atoms with Crippen molar-refractivity contribution in [3.05, 3.63) is 53.3 Å². The number of fused-ring (bicyclic) bond motifs is 2. The van der Waals surface area contributed by atoms with Gasteiger partial charge in [0.15, 0.2) is 5.78 Å². The van der Waals surface area contributed by atoms with Crippen molar-refractivity contribution < 1.29 is 23.0 Å². The third-order valence-electron chi connectivity index (χ3n) is 8.88. The summed E-state index contributed by atoms with van der Waals surface area (Å²) in [4.78, 5) is 28.8. The topological polar surface area (TPSA) is 77.4 Å². The van der Waals surface area contributed by atoms with Crippen molar-refractivity contribution in [3.63, 3.8) is 0 Å². The lowest BCUT2D eigenvalue weighted by Gasteiger charge is -2.32. The Hall–Kier alpha value is -3.20. The number of ether oxygens (including phenoxy) is 2. The van der Waals surface area contributed by atoms with Gasteiger partial charge in [-0.25, -0.2) is 8.78 Å². The molecule has 40 heavy (non-hydrogen) atoms. The second-order valence-corrected chi connectivity index (χ2v) is 11.6.